The van der Waals surface area contributed by atoms with Crippen LogP contribution in [0.15, 0.2) is 23.1 Å². The second-order valence-corrected chi connectivity index (χ2v) is 5.71. The average Bonchev–Trinajstić information content (AvgIpc) is 2.74. The van der Waals surface area contributed by atoms with Gasteiger partial charge in [0.1, 0.15) is 6.54 Å². The van der Waals surface area contributed by atoms with E-state index in [-0.39, 0.29) is 23.8 Å². The Labute approximate surface area is 125 Å². The van der Waals surface area contributed by atoms with Crippen LogP contribution in [0.25, 0.3) is 0 Å². The number of hydrogen-bond acceptors (Lipinski definition) is 5. The standard InChI is InChI=1S/C14H15N3O3S/c1-8-4-5-17(12(20)6-8)7-11(19)16-14-15-9(2)13(21-14)10(3)18/h4-6H,7H2,1-3H3,(H,15,16,19). The minimum Gasteiger partial charge on any atom is -0.306 e. The largest absolute Gasteiger partial charge is 0.306 e. The quantitative estimate of drug-likeness (QED) is 0.873. The molecule has 0 saturated carbocycles. The number of hydrogen-bond donors (Lipinski definition) is 1. The molecular weight excluding hydrogens is 290 g/mol. The van der Waals surface area contributed by atoms with Crippen molar-refractivity contribution in [2.75, 3.05) is 5.32 Å². The van der Waals surface area contributed by atoms with E-state index >= 15 is 0 Å². The fourth-order valence-corrected chi connectivity index (χ4v) is 2.71. The van der Waals surface area contributed by atoms with Gasteiger partial charge >= 0.3 is 0 Å². The first kappa shape index (κ1) is 15.1. The Morgan fingerprint density at radius 3 is 2.67 bits per heavy atom. The molecule has 0 aliphatic heterocycles. The monoisotopic (exact) mass is 305 g/mol. The number of rotatable bonds is 4. The molecule has 0 bridgehead atoms. The molecular formula is C14H15N3O3S. The van der Waals surface area contributed by atoms with Crippen molar-refractivity contribution in [1.82, 2.24) is 9.55 Å². The van der Waals surface area contributed by atoms with Crippen molar-refractivity contribution in [3.63, 3.8) is 0 Å². The average molecular weight is 305 g/mol. The SMILES string of the molecule is CC(=O)c1sc(NC(=O)Cn2ccc(C)cc2=O)nc1C. The predicted octanol–water partition coefficient (Wildman–Crippen LogP) is 1.76. The zero-order chi connectivity index (χ0) is 15.6. The van der Waals surface area contributed by atoms with Crippen LogP contribution in [-0.2, 0) is 11.3 Å². The first-order chi connectivity index (χ1) is 9.86. The number of aromatic nitrogens is 2. The van der Waals surface area contributed by atoms with Crippen molar-refractivity contribution < 1.29 is 9.59 Å². The topological polar surface area (TPSA) is 81.1 Å². The zero-order valence-corrected chi connectivity index (χ0v) is 12.8. The number of Topliss-reactive ketones (excluding diaryl/α,β-unsaturated/α-hetero) is 1. The normalized spacial score (nSPS) is 10.4. The van der Waals surface area contributed by atoms with E-state index in [1.165, 1.54) is 17.6 Å². The smallest absolute Gasteiger partial charge is 0.251 e. The number of amides is 1. The van der Waals surface area contributed by atoms with Crippen LogP contribution in [-0.4, -0.2) is 21.2 Å². The lowest BCUT2D eigenvalue weighted by Crippen LogP contribution is -2.26. The van der Waals surface area contributed by atoms with Gasteiger partial charge < -0.3 is 9.88 Å². The van der Waals surface area contributed by atoms with Crippen LogP contribution in [0.3, 0.4) is 0 Å². The maximum atomic E-state index is 11.9. The van der Waals surface area contributed by atoms with E-state index in [1.807, 2.05) is 6.92 Å². The Morgan fingerprint density at radius 1 is 1.38 bits per heavy atom. The van der Waals surface area contributed by atoms with Gasteiger partial charge in [0, 0.05) is 19.2 Å². The highest BCUT2D eigenvalue weighted by molar-refractivity contribution is 7.17. The molecule has 0 saturated heterocycles. The van der Waals surface area contributed by atoms with Crippen molar-refractivity contribution in [3.05, 3.63) is 44.8 Å². The van der Waals surface area contributed by atoms with Crippen molar-refractivity contribution in [3.8, 4) is 0 Å². The van der Waals surface area contributed by atoms with Gasteiger partial charge in [-0.15, -0.1) is 0 Å². The summed E-state index contributed by atoms with van der Waals surface area (Å²) in [5.74, 6) is -0.440. The number of ketones is 1. The maximum absolute atomic E-state index is 11.9. The van der Waals surface area contributed by atoms with Crippen LogP contribution in [0.1, 0.15) is 27.9 Å². The summed E-state index contributed by atoms with van der Waals surface area (Å²) in [4.78, 5) is 39.6. The molecule has 2 aromatic heterocycles. The van der Waals surface area contributed by atoms with E-state index in [0.29, 0.717) is 15.7 Å². The van der Waals surface area contributed by atoms with E-state index in [2.05, 4.69) is 10.3 Å². The van der Waals surface area contributed by atoms with Crippen LogP contribution in [0.4, 0.5) is 5.13 Å². The summed E-state index contributed by atoms with van der Waals surface area (Å²) in [6.07, 6.45) is 1.57. The van der Waals surface area contributed by atoms with Gasteiger partial charge in [-0.25, -0.2) is 4.98 Å². The van der Waals surface area contributed by atoms with Gasteiger partial charge in [-0.05, 0) is 25.5 Å². The first-order valence-electron chi connectivity index (χ1n) is 6.32. The lowest BCUT2D eigenvalue weighted by Gasteiger charge is -2.05. The van der Waals surface area contributed by atoms with Gasteiger partial charge in [-0.1, -0.05) is 11.3 Å². The van der Waals surface area contributed by atoms with Crippen LogP contribution in [0.2, 0.25) is 0 Å². The molecule has 7 heteroatoms. The van der Waals surface area contributed by atoms with Crippen LogP contribution >= 0.6 is 11.3 Å². The van der Waals surface area contributed by atoms with Gasteiger partial charge in [0.25, 0.3) is 5.56 Å². The van der Waals surface area contributed by atoms with E-state index in [0.717, 1.165) is 16.9 Å². The number of aryl methyl sites for hydroxylation is 2. The minimum atomic E-state index is -0.357. The number of nitrogens with zero attached hydrogens (tertiary/aromatic N) is 2. The molecule has 2 aromatic rings. The Hall–Kier alpha value is -2.28. The lowest BCUT2D eigenvalue weighted by molar-refractivity contribution is -0.116. The van der Waals surface area contributed by atoms with Crippen molar-refractivity contribution in [2.45, 2.75) is 27.3 Å². The summed E-state index contributed by atoms with van der Waals surface area (Å²) >= 11 is 1.13. The second-order valence-electron chi connectivity index (χ2n) is 4.71. The number of anilines is 1. The third-order valence-corrected chi connectivity index (χ3v) is 4.00. The zero-order valence-electron chi connectivity index (χ0n) is 12.0. The van der Waals surface area contributed by atoms with Gasteiger partial charge in [0.05, 0.1) is 10.6 Å². The van der Waals surface area contributed by atoms with E-state index in [1.54, 1.807) is 19.2 Å². The van der Waals surface area contributed by atoms with Crippen LogP contribution in [0, 0.1) is 13.8 Å². The highest BCUT2D eigenvalue weighted by Crippen LogP contribution is 2.22. The third kappa shape index (κ3) is 3.63. The maximum Gasteiger partial charge on any atom is 0.251 e. The molecule has 110 valence electrons. The summed E-state index contributed by atoms with van der Waals surface area (Å²) in [6, 6.07) is 3.23. The van der Waals surface area contributed by atoms with Gasteiger partial charge in [-0.2, -0.15) is 0 Å². The molecule has 0 spiro atoms. The summed E-state index contributed by atoms with van der Waals surface area (Å²) in [5, 5.41) is 2.97. The Bertz CT molecular complexity index is 761. The molecule has 0 aliphatic rings. The molecule has 21 heavy (non-hydrogen) atoms. The summed E-state index contributed by atoms with van der Waals surface area (Å²) < 4.78 is 1.31. The van der Waals surface area contributed by atoms with Crippen molar-refractivity contribution >= 4 is 28.2 Å². The molecule has 2 heterocycles. The number of nitrogens with one attached hydrogen (secondary N) is 1. The Kier molecular flexibility index (Phi) is 4.32. The fraction of sp³-hybridized carbons (Fsp3) is 0.286. The molecule has 0 aliphatic carbocycles. The molecule has 0 radical (unpaired) electrons. The first-order valence-corrected chi connectivity index (χ1v) is 7.14. The fourth-order valence-electron chi connectivity index (χ4n) is 1.83. The Morgan fingerprint density at radius 2 is 2.10 bits per heavy atom. The summed E-state index contributed by atoms with van der Waals surface area (Å²) in [7, 11) is 0. The van der Waals surface area contributed by atoms with E-state index in [4.69, 9.17) is 0 Å². The minimum absolute atomic E-state index is 0.0831. The Balaban J connectivity index is 2.10. The molecule has 1 N–H and O–H groups in total. The van der Waals surface area contributed by atoms with Gasteiger partial charge in [0.15, 0.2) is 10.9 Å². The number of carbonyl (C=O) groups is 2. The molecule has 2 rings (SSSR count). The number of thiazole rings is 1. The van der Waals surface area contributed by atoms with Gasteiger partial charge in [-0.3, -0.25) is 14.4 Å². The number of carbonyl (C=O) groups excluding carboxylic acids is 2. The molecule has 0 unspecified atom stereocenters. The van der Waals surface area contributed by atoms with Crippen molar-refractivity contribution in [1.29, 1.82) is 0 Å². The van der Waals surface area contributed by atoms with Crippen LogP contribution < -0.4 is 10.9 Å². The highest BCUT2D eigenvalue weighted by atomic mass is 32.1. The molecule has 0 aromatic carbocycles. The second kappa shape index (κ2) is 6.01. The van der Waals surface area contributed by atoms with Crippen molar-refractivity contribution in [2.24, 2.45) is 0 Å². The summed E-state index contributed by atoms with van der Waals surface area (Å²) in [6.45, 7) is 4.89. The predicted molar refractivity (Wildman–Crippen MR) is 80.9 cm³/mol. The molecule has 6 nitrogen and oxygen atoms in total. The van der Waals surface area contributed by atoms with Gasteiger partial charge in [0.2, 0.25) is 5.91 Å². The number of pyridine rings is 1. The molecule has 0 atom stereocenters. The van der Waals surface area contributed by atoms with E-state index < -0.39 is 0 Å². The molecule has 0 fully saturated rings. The third-order valence-electron chi connectivity index (χ3n) is 2.83. The summed E-state index contributed by atoms with van der Waals surface area (Å²) in [5.41, 5.74) is 1.21. The van der Waals surface area contributed by atoms with Crippen LogP contribution in [0.5, 0.6) is 0 Å². The highest BCUT2D eigenvalue weighted by Gasteiger charge is 2.13. The lowest BCUT2D eigenvalue weighted by atomic mass is 10.3. The van der Waals surface area contributed by atoms with E-state index in [9.17, 15) is 14.4 Å². The molecule has 1 amide bonds.